The number of carbonyl (C=O) groups is 2. The van der Waals surface area contributed by atoms with E-state index >= 15 is 0 Å². The van der Waals surface area contributed by atoms with Crippen LogP contribution in [0.4, 0.5) is 0 Å². The van der Waals surface area contributed by atoms with Crippen molar-refractivity contribution in [3.05, 3.63) is 34.3 Å². The van der Waals surface area contributed by atoms with E-state index < -0.39 is 0 Å². The van der Waals surface area contributed by atoms with Crippen molar-refractivity contribution in [2.24, 2.45) is 5.73 Å². The van der Waals surface area contributed by atoms with E-state index in [9.17, 15) is 9.59 Å². The summed E-state index contributed by atoms with van der Waals surface area (Å²) in [5.41, 5.74) is 6.20. The summed E-state index contributed by atoms with van der Waals surface area (Å²) in [7, 11) is 0. The second-order valence-corrected chi connectivity index (χ2v) is 5.90. The summed E-state index contributed by atoms with van der Waals surface area (Å²) in [4.78, 5) is 23.3. The molecule has 0 aromatic heterocycles. The minimum atomic E-state index is -0.111. The van der Waals surface area contributed by atoms with Crippen LogP contribution < -0.4 is 16.4 Å². The molecule has 1 atom stereocenters. The molecule has 0 heterocycles. The summed E-state index contributed by atoms with van der Waals surface area (Å²) in [6.45, 7) is 2.96. The van der Waals surface area contributed by atoms with Crippen LogP contribution in [-0.4, -0.2) is 30.9 Å². The van der Waals surface area contributed by atoms with Crippen molar-refractivity contribution >= 4 is 27.7 Å². The molecule has 0 aliphatic rings. The minimum absolute atomic E-state index is 0.00520. The molecule has 6 heteroatoms. The molecule has 0 saturated heterocycles. The van der Waals surface area contributed by atoms with Gasteiger partial charge in [-0.25, -0.2) is 0 Å². The highest BCUT2D eigenvalue weighted by atomic mass is 79.9. The van der Waals surface area contributed by atoms with E-state index in [1.165, 1.54) is 0 Å². The second-order valence-electron chi connectivity index (χ2n) is 4.99. The van der Waals surface area contributed by atoms with E-state index in [2.05, 4.69) is 26.6 Å². The number of nitrogens with one attached hydrogen (secondary N) is 2. The van der Waals surface area contributed by atoms with Crippen molar-refractivity contribution in [2.75, 3.05) is 13.1 Å². The third kappa shape index (κ3) is 7.82. The monoisotopic (exact) mass is 355 g/mol. The maximum Gasteiger partial charge on any atom is 0.251 e. The van der Waals surface area contributed by atoms with Crippen LogP contribution in [0.25, 0.3) is 0 Å². The van der Waals surface area contributed by atoms with E-state index in [1.54, 1.807) is 12.1 Å². The third-order valence-corrected chi connectivity index (χ3v) is 3.37. The van der Waals surface area contributed by atoms with Gasteiger partial charge in [-0.2, -0.15) is 0 Å². The third-order valence-electron chi connectivity index (χ3n) is 2.87. The first kappa shape index (κ1) is 17.7. The van der Waals surface area contributed by atoms with Gasteiger partial charge in [-0.15, -0.1) is 0 Å². The molecule has 1 unspecified atom stereocenters. The fraction of sp³-hybridized carbons (Fsp3) is 0.467. The first-order valence-electron chi connectivity index (χ1n) is 7.05. The molecular formula is C15H22BrN3O2. The predicted octanol–water partition coefficient (Wildman–Crippen LogP) is 1.81. The Morgan fingerprint density at radius 3 is 2.67 bits per heavy atom. The van der Waals surface area contributed by atoms with Crippen LogP contribution in [0.15, 0.2) is 28.7 Å². The Bertz CT molecular complexity index is 478. The minimum Gasteiger partial charge on any atom is -0.356 e. The highest BCUT2D eigenvalue weighted by Gasteiger charge is 2.05. The normalized spacial score (nSPS) is 11.8. The quantitative estimate of drug-likeness (QED) is 0.621. The number of halogens is 1. The Morgan fingerprint density at radius 2 is 2.00 bits per heavy atom. The Hall–Kier alpha value is -1.40. The number of hydrogen-bond donors (Lipinski definition) is 3. The molecule has 1 rings (SSSR count). The van der Waals surface area contributed by atoms with Gasteiger partial charge in [-0.3, -0.25) is 9.59 Å². The average Bonchev–Trinajstić information content (AvgIpc) is 2.44. The fourth-order valence-corrected chi connectivity index (χ4v) is 2.10. The number of benzene rings is 1. The van der Waals surface area contributed by atoms with Crippen LogP contribution in [0.2, 0.25) is 0 Å². The molecule has 0 aliphatic carbocycles. The van der Waals surface area contributed by atoms with Gasteiger partial charge in [0, 0.05) is 35.6 Å². The molecule has 0 spiro atoms. The molecule has 21 heavy (non-hydrogen) atoms. The van der Waals surface area contributed by atoms with Gasteiger partial charge in [0.15, 0.2) is 0 Å². The van der Waals surface area contributed by atoms with Gasteiger partial charge in [0.05, 0.1) is 0 Å². The van der Waals surface area contributed by atoms with Crippen molar-refractivity contribution in [3.8, 4) is 0 Å². The number of amides is 2. The molecule has 0 fully saturated rings. The average molecular weight is 356 g/mol. The Balaban J connectivity index is 2.14. The summed E-state index contributed by atoms with van der Waals surface area (Å²) in [5, 5.41) is 5.63. The van der Waals surface area contributed by atoms with Gasteiger partial charge in [0.25, 0.3) is 5.91 Å². The van der Waals surface area contributed by atoms with Gasteiger partial charge >= 0.3 is 0 Å². The molecule has 4 N–H and O–H groups in total. The summed E-state index contributed by atoms with van der Waals surface area (Å²) in [6, 6.07) is 7.26. The van der Waals surface area contributed by atoms with Crippen LogP contribution in [0.3, 0.4) is 0 Å². The fourth-order valence-electron chi connectivity index (χ4n) is 1.70. The summed E-state index contributed by atoms with van der Waals surface area (Å²) in [6.07, 6.45) is 1.83. The Labute approximate surface area is 133 Å². The predicted molar refractivity (Wildman–Crippen MR) is 87.0 cm³/mol. The van der Waals surface area contributed by atoms with Crippen LogP contribution in [0, 0.1) is 0 Å². The molecule has 1 aromatic carbocycles. The van der Waals surface area contributed by atoms with E-state index in [-0.39, 0.29) is 17.9 Å². The summed E-state index contributed by atoms with van der Waals surface area (Å²) in [5.74, 6) is -0.106. The van der Waals surface area contributed by atoms with Crippen LogP contribution in [-0.2, 0) is 4.79 Å². The SMILES string of the molecule is CC(N)CCC(=O)NCCCNC(=O)c1cccc(Br)c1. The smallest absolute Gasteiger partial charge is 0.251 e. The highest BCUT2D eigenvalue weighted by Crippen LogP contribution is 2.11. The lowest BCUT2D eigenvalue weighted by molar-refractivity contribution is -0.121. The van der Waals surface area contributed by atoms with Crippen molar-refractivity contribution in [2.45, 2.75) is 32.2 Å². The molecule has 0 radical (unpaired) electrons. The number of carbonyl (C=O) groups excluding carboxylic acids is 2. The molecular weight excluding hydrogens is 334 g/mol. The number of hydrogen-bond acceptors (Lipinski definition) is 3. The van der Waals surface area contributed by atoms with Crippen molar-refractivity contribution in [3.63, 3.8) is 0 Å². The molecule has 0 aliphatic heterocycles. The van der Waals surface area contributed by atoms with Crippen molar-refractivity contribution in [1.29, 1.82) is 0 Å². The molecule has 116 valence electrons. The highest BCUT2D eigenvalue weighted by molar-refractivity contribution is 9.10. The zero-order valence-corrected chi connectivity index (χ0v) is 13.8. The van der Waals surface area contributed by atoms with Crippen molar-refractivity contribution in [1.82, 2.24) is 10.6 Å². The maximum atomic E-state index is 11.8. The molecule has 1 aromatic rings. The molecule has 5 nitrogen and oxygen atoms in total. The standard InChI is InChI=1S/C15H22BrN3O2/c1-11(17)6-7-14(20)18-8-3-9-19-15(21)12-4-2-5-13(16)10-12/h2,4-5,10-11H,3,6-9,17H2,1H3,(H,18,20)(H,19,21). The Morgan fingerprint density at radius 1 is 1.29 bits per heavy atom. The largest absolute Gasteiger partial charge is 0.356 e. The lowest BCUT2D eigenvalue weighted by Crippen LogP contribution is -2.30. The molecule has 0 bridgehead atoms. The Kier molecular flexibility index (Phi) is 8.00. The van der Waals surface area contributed by atoms with E-state index in [0.29, 0.717) is 37.9 Å². The van der Waals surface area contributed by atoms with Gasteiger partial charge in [0.1, 0.15) is 0 Å². The van der Waals surface area contributed by atoms with E-state index in [1.807, 2.05) is 19.1 Å². The second kappa shape index (κ2) is 9.52. The van der Waals surface area contributed by atoms with Crippen LogP contribution in [0.5, 0.6) is 0 Å². The van der Waals surface area contributed by atoms with E-state index in [4.69, 9.17) is 5.73 Å². The first-order chi connectivity index (χ1) is 9.99. The topological polar surface area (TPSA) is 84.2 Å². The first-order valence-corrected chi connectivity index (χ1v) is 7.84. The van der Waals surface area contributed by atoms with Gasteiger partial charge in [-0.05, 0) is 38.0 Å². The summed E-state index contributed by atoms with van der Waals surface area (Å²) < 4.78 is 0.872. The number of nitrogens with two attached hydrogens (primary N) is 1. The lowest BCUT2D eigenvalue weighted by Gasteiger charge is -2.08. The van der Waals surface area contributed by atoms with Gasteiger partial charge in [0.2, 0.25) is 5.91 Å². The van der Waals surface area contributed by atoms with Crippen molar-refractivity contribution < 1.29 is 9.59 Å². The van der Waals surface area contributed by atoms with Gasteiger partial charge in [-0.1, -0.05) is 22.0 Å². The maximum absolute atomic E-state index is 11.8. The van der Waals surface area contributed by atoms with E-state index in [0.717, 1.165) is 4.47 Å². The zero-order valence-electron chi connectivity index (χ0n) is 12.2. The molecule has 2 amide bonds. The molecule has 0 saturated carbocycles. The van der Waals surface area contributed by atoms with Crippen LogP contribution in [0.1, 0.15) is 36.5 Å². The summed E-state index contributed by atoms with van der Waals surface area (Å²) >= 11 is 3.33. The zero-order chi connectivity index (χ0) is 15.7. The van der Waals surface area contributed by atoms with Gasteiger partial charge < -0.3 is 16.4 Å². The lowest BCUT2D eigenvalue weighted by atomic mass is 10.2. The van der Waals surface area contributed by atoms with Crippen LogP contribution >= 0.6 is 15.9 Å². The number of rotatable bonds is 8.